The van der Waals surface area contributed by atoms with Crippen molar-refractivity contribution in [3.8, 4) is 0 Å². The molecule has 2 aliphatic heterocycles. The number of carbonyl (C=O) groups is 1. The van der Waals surface area contributed by atoms with Crippen LogP contribution in [0.2, 0.25) is 0 Å². The Morgan fingerprint density at radius 1 is 1.25 bits per heavy atom. The normalized spacial score (nSPS) is 28.9. The highest BCUT2D eigenvalue weighted by atomic mass is 16.1. The van der Waals surface area contributed by atoms with Gasteiger partial charge >= 0.3 is 0 Å². The number of hydrogen-bond donors (Lipinski definition) is 2. The van der Waals surface area contributed by atoms with Gasteiger partial charge in [-0.15, -0.1) is 0 Å². The van der Waals surface area contributed by atoms with E-state index in [2.05, 4.69) is 22.5 Å². The first-order valence-electron chi connectivity index (χ1n) is 8.49. The van der Waals surface area contributed by atoms with E-state index in [1.54, 1.807) is 0 Å². The van der Waals surface area contributed by atoms with Crippen molar-refractivity contribution in [1.82, 2.24) is 15.5 Å². The van der Waals surface area contributed by atoms with Gasteiger partial charge in [0, 0.05) is 18.5 Å². The maximum absolute atomic E-state index is 12.1. The van der Waals surface area contributed by atoms with Crippen LogP contribution < -0.4 is 10.6 Å². The van der Waals surface area contributed by atoms with Crippen molar-refractivity contribution in [2.45, 2.75) is 57.9 Å². The van der Waals surface area contributed by atoms with E-state index in [1.807, 2.05) is 0 Å². The van der Waals surface area contributed by atoms with E-state index in [-0.39, 0.29) is 11.8 Å². The Kier molecular flexibility index (Phi) is 6.80. The second kappa shape index (κ2) is 8.63. The standard InChI is InChI=1S/C16H31N3O/c1-14-13-15(7-9-17-14)16(20)18-8-6-12-19-10-4-2-3-5-11-19/h14-15,17H,2-13H2,1H3,(H,18,20)/t14-,15-/m0/s1. The molecule has 0 spiro atoms. The van der Waals surface area contributed by atoms with Crippen LogP contribution in [0.3, 0.4) is 0 Å². The molecule has 1 amide bonds. The molecule has 0 aromatic heterocycles. The lowest BCUT2D eigenvalue weighted by molar-refractivity contribution is -0.126. The van der Waals surface area contributed by atoms with Crippen LogP contribution in [-0.4, -0.2) is 49.6 Å². The smallest absolute Gasteiger partial charge is 0.223 e. The van der Waals surface area contributed by atoms with Crippen LogP contribution in [0, 0.1) is 5.92 Å². The van der Waals surface area contributed by atoms with Crippen LogP contribution in [0.1, 0.15) is 51.9 Å². The third-order valence-electron chi connectivity index (χ3n) is 4.64. The topological polar surface area (TPSA) is 44.4 Å². The van der Waals surface area contributed by atoms with Crippen molar-refractivity contribution < 1.29 is 4.79 Å². The van der Waals surface area contributed by atoms with E-state index in [1.165, 1.54) is 38.8 Å². The zero-order valence-corrected chi connectivity index (χ0v) is 13.0. The molecule has 0 bridgehead atoms. The maximum atomic E-state index is 12.1. The Morgan fingerprint density at radius 2 is 2.00 bits per heavy atom. The summed E-state index contributed by atoms with van der Waals surface area (Å²) in [5.74, 6) is 0.499. The maximum Gasteiger partial charge on any atom is 0.223 e. The van der Waals surface area contributed by atoms with Gasteiger partial charge in [0.1, 0.15) is 0 Å². The van der Waals surface area contributed by atoms with Gasteiger partial charge in [0.05, 0.1) is 0 Å². The zero-order valence-electron chi connectivity index (χ0n) is 13.0. The van der Waals surface area contributed by atoms with Crippen LogP contribution in [0.4, 0.5) is 0 Å². The van der Waals surface area contributed by atoms with Gasteiger partial charge in [-0.2, -0.15) is 0 Å². The number of piperidine rings is 1. The lowest BCUT2D eigenvalue weighted by Crippen LogP contribution is -2.42. The summed E-state index contributed by atoms with van der Waals surface area (Å²) in [4.78, 5) is 14.7. The van der Waals surface area contributed by atoms with Crippen LogP contribution in [-0.2, 0) is 4.79 Å². The average Bonchev–Trinajstić information content (AvgIpc) is 2.72. The van der Waals surface area contributed by atoms with Crippen LogP contribution in [0.15, 0.2) is 0 Å². The molecule has 20 heavy (non-hydrogen) atoms. The second-order valence-corrected chi connectivity index (χ2v) is 6.48. The summed E-state index contributed by atoms with van der Waals surface area (Å²) in [6, 6.07) is 0.483. The third kappa shape index (κ3) is 5.41. The average molecular weight is 281 g/mol. The SMILES string of the molecule is C[C@H]1C[C@@H](C(=O)NCCCN2CCCCCC2)CCN1. The molecular weight excluding hydrogens is 250 g/mol. The summed E-state index contributed by atoms with van der Waals surface area (Å²) in [7, 11) is 0. The molecule has 2 N–H and O–H groups in total. The summed E-state index contributed by atoms with van der Waals surface area (Å²) in [6.45, 7) is 7.63. The molecule has 2 aliphatic rings. The Labute approximate surface area is 123 Å². The quantitative estimate of drug-likeness (QED) is 0.755. The monoisotopic (exact) mass is 281 g/mol. The van der Waals surface area contributed by atoms with Crippen molar-refractivity contribution in [3.05, 3.63) is 0 Å². The van der Waals surface area contributed by atoms with Gasteiger partial charge in [0.15, 0.2) is 0 Å². The molecule has 0 aliphatic carbocycles. The Balaban J connectivity index is 1.56. The molecule has 2 heterocycles. The van der Waals surface area contributed by atoms with E-state index in [9.17, 15) is 4.79 Å². The van der Waals surface area contributed by atoms with E-state index in [4.69, 9.17) is 0 Å². The molecule has 0 aromatic rings. The molecule has 4 heteroatoms. The molecule has 2 rings (SSSR count). The van der Waals surface area contributed by atoms with Crippen molar-refractivity contribution in [2.24, 2.45) is 5.92 Å². The highest BCUT2D eigenvalue weighted by molar-refractivity contribution is 5.78. The number of nitrogens with one attached hydrogen (secondary N) is 2. The Bertz CT molecular complexity index is 287. The summed E-state index contributed by atoms with van der Waals surface area (Å²) < 4.78 is 0. The Morgan fingerprint density at radius 3 is 2.70 bits per heavy atom. The van der Waals surface area contributed by atoms with E-state index >= 15 is 0 Å². The minimum atomic E-state index is 0.226. The Hall–Kier alpha value is -0.610. The number of carbonyl (C=O) groups excluding carboxylic acids is 1. The van der Waals surface area contributed by atoms with Crippen LogP contribution in [0.25, 0.3) is 0 Å². The molecule has 0 aromatic carbocycles. The van der Waals surface area contributed by atoms with Crippen LogP contribution >= 0.6 is 0 Å². The lowest BCUT2D eigenvalue weighted by Gasteiger charge is -2.27. The number of hydrogen-bond acceptors (Lipinski definition) is 3. The fraction of sp³-hybridized carbons (Fsp3) is 0.938. The molecule has 2 fully saturated rings. The zero-order chi connectivity index (χ0) is 14.2. The lowest BCUT2D eigenvalue weighted by atomic mass is 9.92. The highest BCUT2D eigenvalue weighted by Gasteiger charge is 2.24. The van der Waals surface area contributed by atoms with Gasteiger partial charge in [0.25, 0.3) is 0 Å². The van der Waals surface area contributed by atoms with Crippen molar-refractivity contribution in [1.29, 1.82) is 0 Å². The minimum absolute atomic E-state index is 0.226. The van der Waals surface area contributed by atoms with Gasteiger partial charge in [-0.05, 0) is 65.2 Å². The fourth-order valence-corrected chi connectivity index (χ4v) is 3.39. The van der Waals surface area contributed by atoms with E-state index in [0.29, 0.717) is 6.04 Å². The predicted molar refractivity (Wildman–Crippen MR) is 82.7 cm³/mol. The molecular formula is C16H31N3O. The number of amides is 1. The van der Waals surface area contributed by atoms with Gasteiger partial charge in [-0.1, -0.05) is 12.8 Å². The molecule has 2 atom stereocenters. The number of likely N-dealkylation sites (tertiary alicyclic amines) is 1. The molecule has 0 unspecified atom stereocenters. The first-order valence-corrected chi connectivity index (χ1v) is 8.49. The predicted octanol–water partition coefficient (Wildman–Crippen LogP) is 1.76. The second-order valence-electron chi connectivity index (χ2n) is 6.48. The van der Waals surface area contributed by atoms with Crippen LogP contribution in [0.5, 0.6) is 0 Å². The van der Waals surface area contributed by atoms with Gasteiger partial charge in [-0.3, -0.25) is 4.79 Å². The summed E-state index contributed by atoms with van der Waals surface area (Å²) in [5.41, 5.74) is 0. The number of nitrogens with zero attached hydrogens (tertiary/aromatic N) is 1. The van der Waals surface area contributed by atoms with E-state index < -0.39 is 0 Å². The van der Waals surface area contributed by atoms with Gasteiger partial charge in [-0.25, -0.2) is 0 Å². The van der Waals surface area contributed by atoms with Crippen molar-refractivity contribution >= 4 is 5.91 Å². The third-order valence-corrected chi connectivity index (χ3v) is 4.64. The summed E-state index contributed by atoms with van der Waals surface area (Å²) in [6.07, 6.45) is 8.54. The summed E-state index contributed by atoms with van der Waals surface area (Å²) >= 11 is 0. The molecule has 2 saturated heterocycles. The van der Waals surface area contributed by atoms with E-state index in [0.717, 1.165) is 38.9 Å². The molecule has 116 valence electrons. The molecule has 4 nitrogen and oxygen atoms in total. The molecule has 0 radical (unpaired) electrons. The highest BCUT2D eigenvalue weighted by Crippen LogP contribution is 2.16. The van der Waals surface area contributed by atoms with Gasteiger partial charge < -0.3 is 15.5 Å². The van der Waals surface area contributed by atoms with Crippen molar-refractivity contribution in [3.63, 3.8) is 0 Å². The molecule has 0 saturated carbocycles. The summed E-state index contributed by atoms with van der Waals surface area (Å²) in [5, 5.41) is 6.53. The fourth-order valence-electron chi connectivity index (χ4n) is 3.39. The number of rotatable bonds is 5. The first-order chi connectivity index (χ1) is 9.75. The minimum Gasteiger partial charge on any atom is -0.356 e. The van der Waals surface area contributed by atoms with Crippen molar-refractivity contribution in [2.75, 3.05) is 32.7 Å². The largest absolute Gasteiger partial charge is 0.356 e. The first kappa shape index (κ1) is 15.8. The van der Waals surface area contributed by atoms with Gasteiger partial charge in [0.2, 0.25) is 5.91 Å².